The highest BCUT2D eigenvalue weighted by molar-refractivity contribution is 7.99. The molecule has 0 spiro atoms. The molecule has 5 nitrogen and oxygen atoms in total. The maximum atomic E-state index is 8.90. The molecule has 0 amide bonds. The molecule has 0 fully saturated rings. The number of imidazole rings is 1. The summed E-state index contributed by atoms with van der Waals surface area (Å²) in [5.74, 6) is 1.09. The molecule has 138 valence electrons. The molecule has 0 aliphatic carbocycles. The average Bonchev–Trinajstić information content (AvgIpc) is 3.12. The number of thioether (sulfide) groups is 1. The number of fused-ring (bicyclic) bond motifs is 1. The van der Waals surface area contributed by atoms with Crippen LogP contribution in [0.3, 0.4) is 0 Å². The van der Waals surface area contributed by atoms with Gasteiger partial charge in [-0.3, -0.25) is 0 Å². The van der Waals surface area contributed by atoms with Gasteiger partial charge >= 0.3 is 0 Å². The highest BCUT2D eigenvalue weighted by Crippen LogP contribution is 2.28. The van der Waals surface area contributed by atoms with Crippen molar-refractivity contribution in [3.8, 4) is 29.0 Å². The Labute approximate surface area is 167 Å². The Hall–Kier alpha value is -3.30. The summed E-state index contributed by atoms with van der Waals surface area (Å²) in [5.41, 5.74) is 3.29. The van der Waals surface area contributed by atoms with Crippen LogP contribution in [0.4, 0.5) is 0 Å². The molecule has 0 aliphatic heterocycles. The Morgan fingerprint density at radius 1 is 1.00 bits per heavy atom. The average molecular weight is 386 g/mol. The van der Waals surface area contributed by atoms with Crippen LogP contribution < -0.4 is 4.74 Å². The fourth-order valence-corrected chi connectivity index (χ4v) is 3.64. The molecule has 28 heavy (non-hydrogen) atoms. The van der Waals surface area contributed by atoms with E-state index in [2.05, 4.69) is 54.3 Å². The van der Waals surface area contributed by atoms with Crippen molar-refractivity contribution in [3.63, 3.8) is 0 Å². The Morgan fingerprint density at radius 3 is 2.43 bits per heavy atom. The van der Waals surface area contributed by atoms with E-state index in [9.17, 15) is 0 Å². The van der Waals surface area contributed by atoms with E-state index in [1.807, 2.05) is 24.0 Å². The topological polar surface area (TPSA) is 63.2 Å². The summed E-state index contributed by atoms with van der Waals surface area (Å²) < 4.78 is 7.62. The molecular weight excluding hydrogens is 368 g/mol. The van der Waals surface area contributed by atoms with E-state index in [0.717, 1.165) is 16.9 Å². The van der Waals surface area contributed by atoms with Crippen LogP contribution in [0.2, 0.25) is 0 Å². The summed E-state index contributed by atoms with van der Waals surface area (Å²) in [6, 6.07) is 21.1. The molecule has 2 heterocycles. The fraction of sp³-hybridized carbons (Fsp3) is 0.136. The first-order chi connectivity index (χ1) is 13.6. The predicted octanol–water partition coefficient (Wildman–Crippen LogP) is 5.56. The van der Waals surface area contributed by atoms with E-state index in [1.54, 1.807) is 34.8 Å². The molecule has 0 aliphatic rings. The van der Waals surface area contributed by atoms with Crippen molar-refractivity contribution in [3.05, 3.63) is 72.4 Å². The van der Waals surface area contributed by atoms with Gasteiger partial charge in [0.2, 0.25) is 5.88 Å². The van der Waals surface area contributed by atoms with Gasteiger partial charge in [0.05, 0.1) is 23.5 Å². The molecule has 0 unspecified atom stereocenters. The van der Waals surface area contributed by atoms with E-state index in [-0.39, 0.29) is 0 Å². The standard InChI is InChI=1S/C22H18N4OS/c1-15(2)28-19-9-5-17(6-10-19)20-14-24-21-11-12-22(25-26(20)21)27-18-7-3-16(13-23)4-8-18/h3-12,14-15H,1-2H3. The van der Waals surface area contributed by atoms with Crippen molar-refractivity contribution in [2.24, 2.45) is 0 Å². The van der Waals surface area contributed by atoms with E-state index in [1.165, 1.54) is 4.90 Å². The van der Waals surface area contributed by atoms with Gasteiger partial charge in [-0.25, -0.2) is 9.50 Å². The minimum atomic E-state index is 0.462. The van der Waals surface area contributed by atoms with E-state index in [4.69, 9.17) is 10.00 Å². The molecule has 4 rings (SSSR count). The van der Waals surface area contributed by atoms with Crippen LogP contribution in [0.25, 0.3) is 16.9 Å². The van der Waals surface area contributed by atoms with Crippen LogP contribution in [0.5, 0.6) is 11.6 Å². The van der Waals surface area contributed by atoms with Crippen molar-refractivity contribution in [2.75, 3.05) is 0 Å². The molecule has 0 radical (unpaired) electrons. The number of rotatable bonds is 5. The summed E-state index contributed by atoms with van der Waals surface area (Å²) in [5, 5.41) is 14.0. The molecule has 2 aromatic heterocycles. The zero-order valence-electron chi connectivity index (χ0n) is 15.5. The van der Waals surface area contributed by atoms with Crippen LogP contribution in [0.15, 0.2) is 71.8 Å². The van der Waals surface area contributed by atoms with Gasteiger partial charge in [-0.1, -0.05) is 26.0 Å². The molecule has 0 bridgehead atoms. The van der Waals surface area contributed by atoms with Crippen molar-refractivity contribution >= 4 is 17.4 Å². The molecule has 2 aromatic carbocycles. The number of nitrogens with zero attached hydrogens (tertiary/aromatic N) is 4. The number of nitriles is 1. The quantitative estimate of drug-likeness (QED) is 0.420. The van der Waals surface area contributed by atoms with Gasteiger partial charge in [-0.15, -0.1) is 16.9 Å². The van der Waals surface area contributed by atoms with Crippen LogP contribution in [-0.4, -0.2) is 19.8 Å². The van der Waals surface area contributed by atoms with Gasteiger partial charge < -0.3 is 4.74 Å². The van der Waals surface area contributed by atoms with E-state index in [0.29, 0.717) is 22.4 Å². The number of hydrogen-bond acceptors (Lipinski definition) is 5. The zero-order valence-corrected chi connectivity index (χ0v) is 16.4. The lowest BCUT2D eigenvalue weighted by atomic mass is 10.2. The molecule has 6 heteroatoms. The smallest absolute Gasteiger partial charge is 0.237 e. The highest BCUT2D eigenvalue weighted by Gasteiger charge is 2.10. The minimum Gasteiger partial charge on any atom is -0.438 e. The van der Waals surface area contributed by atoms with E-state index < -0.39 is 0 Å². The summed E-state index contributed by atoms with van der Waals surface area (Å²) in [7, 11) is 0. The number of benzene rings is 2. The number of ether oxygens (including phenoxy) is 1. The molecule has 0 atom stereocenters. The van der Waals surface area contributed by atoms with Gasteiger partial charge in [0.15, 0.2) is 5.65 Å². The normalized spacial score (nSPS) is 10.9. The second kappa shape index (κ2) is 7.75. The summed E-state index contributed by atoms with van der Waals surface area (Å²) in [6.45, 7) is 4.37. The van der Waals surface area contributed by atoms with Gasteiger partial charge in [0.25, 0.3) is 0 Å². The number of hydrogen-bond donors (Lipinski definition) is 0. The first-order valence-electron chi connectivity index (χ1n) is 8.92. The second-order valence-electron chi connectivity index (χ2n) is 6.51. The lowest BCUT2D eigenvalue weighted by molar-refractivity contribution is 0.453. The van der Waals surface area contributed by atoms with Crippen LogP contribution >= 0.6 is 11.8 Å². The minimum absolute atomic E-state index is 0.462. The molecular formula is C22H18N4OS. The highest BCUT2D eigenvalue weighted by atomic mass is 32.2. The van der Waals surface area contributed by atoms with Crippen molar-refractivity contribution in [1.82, 2.24) is 14.6 Å². The Balaban J connectivity index is 1.63. The molecule has 4 aromatic rings. The third-order valence-corrected chi connectivity index (χ3v) is 5.08. The molecule has 0 N–H and O–H groups in total. The Morgan fingerprint density at radius 2 is 1.75 bits per heavy atom. The van der Waals surface area contributed by atoms with Crippen molar-refractivity contribution in [1.29, 1.82) is 5.26 Å². The third kappa shape index (κ3) is 3.85. The molecule has 0 saturated heterocycles. The predicted molar refractivity (Wildman–Crippen MR) is 111 cm³/mol. The third-order valence-electron chi connectivity index (χ3n) is 4.07. The van der Waals surface area contributed by atoms with Gasteiger partial charge in [-0.2, -0.15) is 5.26 Å². The fourth-order valence-electron chi connectivity index (χ4n) is 2.80. The maximum Gasteiger partial charge on any atom is 0.237 e. The van der Waals surface area contributed by atoms with E-state index >= 15 is 0 Å². The second-order valence-corrected chi connectivity index (χ2v) is 8.16. The lowest BCUT2D eigenvalue weighted by Crippen LogP contribution is -1.97. The summed E-state index contributed by atoms with van der Waals surface area (Å²) in [4.78, 5) is 5.68. The van der Waals surface area contributed by atoms with Crippen LogP contribution in [-0.2, 0) is 0 Å². The van der Waals surface area contributed by atoms with Gasteiger partial charge in [-0.05, 0) is 42.5 Å². The Bertz CT molecular complexity index is 1140. The Kier molecular flexibility index (Phi) is 5.00. The van der Waals surface area contributed by atoms with Crippen LogP contribution in [0.1, 0.15) is 19.4 Å². The zero-order chi connectivity index (χ0) is 19.5. The van der Waals surface area contributed by atoms with Gasteiger partial charge in [0, 0.05) is 21.8 Å². The van der Waals surface area contributed by atoms with Crippen molar-refractivity contribution < 1.29 is 4.74 Å². The number of aromatic nitrogens is 3. The van der Waals surface area contributed by atoms with Gasteiger partial charge in [0.1, 0.15) is 5.75 Å². The first-order valence-corrected chi connectivity index (χ1v) is 9.80. The largest absolute Gasteiger partial charge is 0.438 e. The monoisotopic (exact) mass is 386 g/mol. The van der Waals surface area contributed by atoms with Crippen molar-refractivity contribution in [2.45, 2.75) is 24.0 Å². The lowest BCUT2D eigenvalue weighted by Gasteiger charge is -2.08. The SMILES string of the molecule is CC(C)Sc1ccc(-c2cnc3ccc(Oc4ccc(C#N)cc4)nn23)cc1. The summed E-state index contributed by atoms with van der Waals surface area (Å²) >= 11 is 1.84. The maximum absolute atomic E-state index is 8.90. The molecule has 0 saturated carbocycles. The summed E-state index contributed by atoms with van der Waals surface area (Å²) in [6.07, 6.45) is 1.82. The van der Waals surface area contributed by atoms with Crippen LogP contribution in [0, 0.1) is 11.3 Å². The first kappa shape index (κ1) is 18.1.